The number of ether oxygens (including phenoxy) is 2. The third-order valence-corrected chi connectivity index (χ3v) is 8.31. The van der Waals surface area contributed by atoms with Crippen molar-refractivity contribution in [3.63, 3.8) is 0 Å². The molecule has 0 aromatic rings. The summed E-state index contributed by atoms with van der Waals surface area (Å²) in [6.45, 7) is 3.62. The Morgan fingerprint density at radius 3 is 1.78 bits per heavy atom. The first-order chi connectivity index (χ1) is 21.8. The summed E-state index contributed by atoms with van der Waals surface area (Å²) in [6, 6.07) is 0. The van der Waals surface area contributed by atoms with E-state index < -0.39 is 26.5 Å². The molecule has 0 fully saturated rings. The Bertz CT molecular complexity index is 805. The summed E-state index contributed by atoms with van der Waals surface area (Å²) in [5.41, 5.74) is 5.32. The number of hydrogen-bond donors (Lipinski definition) is 2. The van der Waals surface area contributed by atoms with Gasteiger partial charge in [-0.2, -0.15) is 0 Å². The topological polar surface area (TPSA) is 134 Å². The van der Waals surface area contributed by atoms with E-state index in [1.165, 1.54) is 57.8 Å². The number of carbonyl (C=O) groups excluding carboxylic acids is 2. The molecule has 0 heterocycles. The summed E-state index contributed by atoms with van der Waals surface area (Å²) in [7, 11) is -4.37. The fourth-order valence-electron chi connectivity index (χ4n) is 4.67. The molecule has 10 heteroatoms. The molecule has 0 spiro atoms. The molecule has 0 saturated heterocycles. The van der Waals surface area contributed by atoms with Gasteiger partial charge in [0.2, 0.25) is 0 Å². The molecular weight excluding hydrogens is 593 g/mol. The molecule has 0 radical (unpaired) electrons. The Balaban J connectivity index is 4.28. The van der Waals surface area contributed by atoms with Crippen molar-refractivity contribution >= 4 is 19.8 Å². The lowest BCUT2D eigenvalue weighted by atomic mass is 10.1. The zero-order valence-corrected chi connectivity index (χ0v) is 29.5. The van der Waals surface area contributed by atoms with Crippen LogP contribution in [-0.2, 0) is 32.7 Å². The second-order valence-electron chi connectivity index (χ2n) is 11.7. The van der Waals surface area contributed by atoms with Gasteiger partial charge in [-0.3, -0.25) is 18.6 Å². The lowest BCUT2D eigenvalue weighted by Crippen LogP contribution is -2.29. The minimum absolute atomic E-state index is 0.0520. The molecular formula is C35H66NO8P. The van der Waals surface area contributed by atoms with Crippen molar-refractivity contribution < 1.29 is 37.6 Å². The summed E-state index contributed by atoms with van der Waals surface area (Å²) in [6.07, 6.45) is 30.6. The lowest BCUT2D eigenvalue weighted by Gasteiger charge is -2.19. The van der Waals surface area contributed by atoms with Gasteiger partial charge in [0.15, 0.2) is 6.10 Å². The van der Waals surface area contributed by atoms with Crippen LogP contribution in [-0.4, -0.2) is 49.3 Å². The van der Waals surface area contributed by atoms with Crippen LogP contribution in [0.5, 0.6) is 0 Å². The number of carbonyl (C=O) groups is 2. The van der Waals surface area contributed by atoms with Crippen molar-refractivity contribution in [1.82, 2.24) is 0 Å². The zero-order chi connectivity index (χ0) is 33.3. The maximum atomic E-state index is 12.5. The van der Waals surface area contributed by atoms with E-state index in [4.69, 9.17) is 24.3 Å². The van der Waals surface area contributed by atoms with E-state index in [2.05, 4.69) is 38.2 Å². The number of nitrogens with two attached hydrogens (primary N) is 1. The molecule has 2 unspecified atom stereocenters. The summed E-state index contributed by atoms with van der Waals surface area (Å²) in [4.78, 5) is 34.6. The van der Waals surface area contributed by atoms with E-state index in [0.29, 0.717) is 6.42 Å². The van der Waals surface area contributed by atoms with E-state index in [9.17, 15) is 19.0 Å². The maximum Gasteiger partial charge on any atom is 0.472 e. The third kappa shape index (κ3) is 32.2. The summed E-state index contributed by atoms with van der Waals surface area (Å²) in [5, 5.41) is 0. The maximum absolute atomic E-state index is 12.5. The first-order valence-corrected chi connectivity index (χ1v) is 19.3. The summed E-state index contributed by atoms with van der Waals surface area (Å²) in [5.74, 6) is -0.846. The van der Waals surface area contributed by atoms with Crippen LogP contribution in [0.25, 0.3) is 0 Å². The lowest BCUT2D eigenvalue weighted by molar-refractivity contribution is -0.161. The first-order valence-electron chi connectivity index (χ1n) is 17.8. The van der Waals surface area contributed by atoms with Gasteiger partial charge in [0, 0.05) is 19.4 Å². The van der Waals surface area contributed by atoms with Gasteiger partial charge in [-0.1, -0.05) is 128 Å². The smallest absolute Gasteiger partial charge is 0.462 e. The molecule has 0 saturated carbocycles. The minimum Gasteiger partial charge on any atom is -0.462 e. The summed E-state index contributed by atoms with van der Waals surface area (Å²) >= 11 is 0. The van der Waals surface area contributed by atoms with Crippen LogP contribution in [0.15, 0.2) is 24.3 Å². The molecule has 0 bridgehead atoms. The highest BCUT2D eigenvalue weighted by Crippen LogP contribution is 2.43. The van der Waals surface area contributed by atoms with Crippen LogP contribution in [0.2, 0.25) is 0 Å². The van der Waals surface area contributed by atoms with Crippen molar-refractivity contribution in [2.45, 2.75) is 161 Å². The fourth-order valence-corrected chi connectivity index (χ4v) is 5.44. The Kier molecular flexibility index (Phi) is 31.3. The van der Waals surface area contributed by atoms with Gasteiger partial charge in [-0.15, -0.1) is 0 Å². The SMILES string of the molecule is CCC/C=C\C/C=C\CCCCCCCC(=O)OC(COC(=O)CCCCCCCCCCCCC)COP(=O)(O)OCCN. The molecule has 45 heavy (non-hydrogen) atoms. The fraction of sp³-hybridized carbons (Fsp3) is 0.829. The molecule has 0 amide bonds. The third-order valence-electron chi connectivity index (χ3n) is 7.32. The standard InChI is InChI=1S/C35H66NO8P/c1-3-5-7-9-11-13-15-16-18-20-22-24-26-28-35(38)44-33(32-43-45(39,40)42-30-29-36)31-41-34(37)27-25-23-21-19-17-14-12-10-8-6-4-2/h7,9,13,15,33H,3-6,8,10-12,14,16-32,36H2,1-2H3,(H,39,40)/b9-7-,15-13-. The van der Waals surface area contributed by atoms with Gasteiger partial charge in [0.25, 0.3) is 0 Å². The molecule has 0 aliphatic carbocycles. The van der Waals surface area contributed by atoms with Crippen molar-refractivity contribution in [1.29, 1.82) is 0 Å². The van der Waals surface area contributed by atoms with E-state index >= 15 is 0 Å². The van der Waals surface area contributed by atoms with E-state index in [-0.39, 0.29) is 38.6 Å². The number of phosphoric ester groups is 1. The van der Waals surface area contributed by atoms with E-state index in [1.54, 1.807) is 0 Å². The number of esters is 2. The Labute approximate surface area is 274 Å². The number of rotatable bonds is 33. The van der Waals surface area contributed by atoms with Crippen LogP contribution in [0.1, 0.15) is 155 Å². The van der Waals surface area contributed by atoms with Crippen molar-refractivity contribution in [2.24, 2.45) is 5.73 Å². The largest absolute Gasteiger partial charge is 0.472 e. The molecule has 0 rings (SSSR count). The molecule has 0 aromatic heterocycles. The van der Waals surface area contributed by atoms with Crippen LogP contribution in [0, 0.1) is 0 Å². The quantitative estimate of drug-likeness (QED) is 0.0306. The van der Waals surface area contributed by atoms with Crippen LogP contribution in [0.4, 0.5) is 0 Å². The van der Waals surface area contributed by atoms with Crippen molar-refractivity contribution in [3.05, 3.63) is 24.3 Å². The molecule has 0 aliphatic heterocycles. The normalized spacial score (nSPS) is 13.8. The number of unbranched alkanes of at least 4 members (excludes halogenated alkanes) is 16. The number of allylic oxidation sites excluding steroid dienone is 4. The predicted molar refractivity (Wildman–Crippen MR) is 183 cm³/mol. The van der Waals surface area contributed by atoms with Gasteiger partial charge in [0.05, 0.1) is 13.2 Å². The second kappa shape index (κ2) is 32.4. The number of hydrogen-bond acceptors (Lipinski definition) is 8. The highest BCUT2D eigenvalue weighted by Gasteiger charge is 2.25. The molecule has 3 N–H and O–H groups in total. The van der Waals surface area contributed by atoms with Crippen LogP contribution >= 0.6 is 7.82 Å². The second-order valence-corrected chi connectivity index (χ2v) is 13.2. The molecule has 0 aliphatic rings. The molecule has 264 valence electrons. The van der Waals surface area contributed by atoms with Crippen LogP contribution in [0.3, 0.4) is 0 Å². The minimum atomic E-state index is -4.37. The monoisotopic (exact) mass is 659 g/mol. The van der Waals surface area contributed by atoms with Crippen molar-refractivity contribution in [2.75, 3.05) is 26.4 Å². The Hall–Kier alpha value is -1.51. The predicted octanol–water partition coefficient (Wildman–Crippen LogP) is 9.27. The molecule has 2 atom stereocenters. The highest BCUT2D eigenvalue weighted by atomic mass is 31.2. The van der Waals surface area contributed by atoms with Gasteiger partial charge < -0.3 is 20.1 Å². The van der Waals surface area contributed by atoms with E-state index in [0.717, 1.165) is 64.2 Å². The highest BCUT2D eigenvalue weighted by molar-refractivity contribution is 7.47. The van der Waals surface area contributed by atoms with Gasteiger partial charge in [-0.25, -0.2) is 4.57 Å². The first kappa shape index (κ1) is 43.5. The van der Waals surface area contributed by atoms with Gasteiger partial charge >= 0.3 is 19.8 Å². The molecule has 9 nitrogen and oxygen atoms in total. The average Bonchev–Trinajstić information content (AvgIpc) is 3.02. The Morgan fingerprint density at radius 1 is 0.667 bits per heavy atom. The zero-order valence-electron chi connectivity index (χ0n) is 28.6. The number of phosphoric acid groups is 1. The molecule has 0 aromatic carbocycles. The van der Waals surface area contributed by atoms with E-state index in [1.807, 2.05) is 0 Å². The Morgan fingerprint density at radius 2 is 1.20 bits per heavy atom. The van der Waals surface area contributed by atoms with Gasteiger partial charge in [0.1, 0.15) is 6.61 Å². The average molecular weight is 660 g/mol. The summed E-state index contributed by atoms with van der Waals surface area (Å²) < 4.78 is 32.5. The van der Waals surface area contributed by atoms with Crippen LogP contribution < -0.4 is 5.73 Å². The van der Waals surface area contributed by atoms with Gasteiger partial charge in [-0.05, 0) is 38.5 Å². The van der Waals surface area contributed by atoms with Crippen molar-refractivity contribution in [3.8, 4) is 0 Å².